The Balaban J connectivity index is 1.93. The molecule has 21 heavy (non-hydrogen) atoms. The van der Waals surface area contributed by atoms with Gasteiger partial charge in [-0.2, -0.15) is 0 Å². The highest BCUT2D eigenvalue weighted by Gasteiger charge is 2.20. The normalized spacial score (nSPS) is 15.7. The Bertz CT molecular complexity index is 771. The van der Waals surface area contributed by atoms with E-state index in [-0.39, 0.29) is 4.90 Å². The number of halogens is 1. The Labute approximate surface area is 128 Å². The summed E-state index contributed by atoms with van der Waals surface area (Å²) in [5, 5.41) is 3.53. The molecule has 1 aromatic heterocycles. The largest absolute Gasteiger partial charge is 0.315 e. The maximum Gasteiger partial charge on any atom is 0.175 e. The second-order valence-electron chi connectivity index (χ2n) is 5.11. The zero-order chi connectivity index (χ0) is 15.0. The van der Waals surface area contributed by atoms with Gasteiger partial charge in [0.2, 0.25) is 0 Å². The van der Waals surface area contributed by atoms with Gasteiger partial charge in [-0.05, 0) is 23.8 Å². The molecule has 0 amide bonds. The van der Waals surface area contributed by atoms with Crippen molar-refractivity contribution in [3.05, 3.63) is 41.2 Å². The molecule has 0 aliphatic carbocycles. The van der Waals surface area contributed by atoms with Crippen molar-refractivity contribution in [2.45, 2.75) is 10.8 Å². The fourth-order valence-corrected chi connectivity index (χ4v) is 3.10. The molecule has 2 aromatic rings. The van der Waals surface area contributed by atoms with Crippen LogP contribution in [-0.2, 0) is 9.84 Å². The van der Waals surface area contributed by atoms with E-state index in [1.807, 2.05) is 0 Å². The molecule has 0 atom stereocenters. The third-order valence-corrected chi connectivity index (χ3v) is 4.96. The minimum atomic E-state index is -3.27. The molecule has 1 fully saturated rings. The lowest BCUT2D eigenvalue weighted by Crippen LogP contribution is -2.39. The van der Waals surface area contributed by atoms with Crippen LogP contribution in [0.2, 0.25) is 5.02 Å². The van der Waals surface area contributed by atoms with Crippen LogP contribution in [0.5, 0.6) is 0 Å². The summed E-state index contributed by atoms with van der Waals surface area (Å²) >= 11 is 6.16. The second kappa shape index (κ2) is 5.36. The molecule has 110 valence electrons. The first-order valence-corrected chi connectivity index (χ1v) is 8.75. The molecule has 0 bridgehead atoms. The van der Waals surface area contributed by atoms with Crippen LogP contribution >= 0.6 is 11.6 Å². The van der Waals surface area contributed by atoms with E-state index in [4.69, 9.17) is 11.6 Å². The van der Waals surface area contributed by atoms with Gasteiger partial charge in [0.1, 0.15) is 0 Å². The average molecular weight is 324 g/mol. The summed E-state index contributed by atoms with van der Waals surface area (Å²) in [6.45, 7) is 1.90. The fourth-order valence-electron chi connectivity index (χ4n) is 2.12. The van der Waals surface area contributed by atoms with Crippen LogP contribution in [0.25, 0.3) is 11.4 Å². The predicted octanol–water partition coefficient (Wildman–Crippen LogP) is 1.89. The van der Waals surface area contributed by atoms with Crippen LogP contribution in [0, 0.1) is 0 Å². The Hall–Kier alpha value is -1.50. The quantitative estimate of drug-likeness (QED) is 0.934. The Kier molecular flexibility index (Phi) is 3.69. The Morgan fingerprint density at radius 1 is 1.24 bits per heavy atom. The monoisotopic (exact) mass is 323 g/mol. The van der Waals surface area contributed by atoms with Crippen LogP contribution in [0.1, 0.15) is 11.5 Å². The summed E-state index contributed by atoms with van der Waals surface area (Å²) in [5.74, 6) is 0.971. The molecule has 0 spiro atoms. The molecule has 0 saturated carbocycles. The Morgan fingerprint density at radius 2 is 1.90 bits per heavy atom. The van der Waals surface area contributed by atoms with Crippen molar-refractivity contribution in [1.82, 2.24) is 15.3 Å². The number of rotatable bonds is 3. The molecule has 0 unspecified atom stereocenters. The summed E-state index contributed by atoms with van der Waals surface area (Å²) in [7, 11) is -3.27. The van der Waals surface area contributed by atoms with Gasteiger partial charge < -0.3 is 5.32 Å². The standard InChI is InChI=1S/C14H14ClN3O2S/c1-21(19,20)11-2-3-12(13(15)4-11)14-17-7-10(8-18-14)9-5-16-6-9/h2-4,7-9,16H,5-6H2,1H3. The van der Waals surface area contributed by atoms with Crippen LogP contribution < -0.4 is 5.32 Å². The highest BCUT2D eigenvalue weighted by atomic mass is 35.5. The summed E-state index contributed by atoms with van der Waals surface area (Å²) in [5.41, 5.74) is 1.73. The number of nitrogens with one attached hydrogen (secondary N) is 1. The number of hydrogen-bond acceptors (Lipinski definition) is 5. The first kappa shape index (κ1) is 14.4. The third kappa shape index (κ3) is 2.92. The van der Waals surface area contributed by atoms with E-state index < -0.39 is 9.84 Å². The molecule has 1 aromatic carbocycles. The topological polar surface area (TPSA) is 72.0 Å². The Morgan fingerprint density at radius 3 is 2.38 bits per heavy atom. The number of hydrogen-bond donors (Lipinski definition) is 1. The first-order chi connectivity index (χ1) is 9.95. The van der Waals surface area contributed by atoms with E-state index in [0.717, 1.165) is 24.9 Å². The van der Waals surface area contributed by atoms with Crippen molar-refractivity contribution in [1.29, 1.82) is 0 Å². The lowest BCUT2D eigenvalue weighted by atomic mass is 9.96. The van der Waals surface area contributed by atoms with Crippen LogP contribution in [0.15, 0.2) is 35.5 Å². The minimum absolute atomic E-state index is 0.188. The fraction of sp³-hybridized carbons (Fsp3) is 0.286. The summed E-state index contributed by atoms with van der Waals surface area (Å²) in [4.78, 5) is 8.85. The van der Waals surface area contributed by atoms with Gasteiger partial charge in [0.25, 0.3) is 0 Å². The van der Waals surface area contributed by atoms with Crippen molar-refractivity contribution in [2.75, 3.05) is 19.3 Å². The number of benzene rings is 1. The summed E-state index contributed by atoms with van der Waals surface area (Å²) < 4.78 is 23.0. The van der Waals surface area contributed by atoms with Crippen molar-refractivity contribution in [3.63, 3.8) is 0 Å². The SMILES string of the molecule is CS(=O)(=O)c1ccc(-c2ncc(C3CNC3)cn2)c(Cl)c1. The molecule has 3 rings (SSSR count). The van der Waals surface area contributed by atoms with Crippen molar-refractivity contribution in [3.8, 4) is 11.4 Å². The number of aromatic nitrogens is 2. The third-order valence-electron chi connectivity index (χ3n) is 3.53. The van der Waals surface area contributed by atoms with E-state index >= 15 is 0 Å². The molecule has 1 saturated heterocycles. The number of sulfone groups is 1. The first-order valence-electron chi connectivity index (χ1n) is 6.48. The van der Waals surface area contributed by atoms with Gasteiger partial charge in [0.15, 0.2) is 15.7 Å². The van der Waals surface area contributed by atoms with Crippen molar-refractivity contribution in [2.24, 2.45) is 0 Å². The smallest absolute Gasteiger partial charge is 0.175 e. The van der Waals surface area contributed by atoms with E-state index in [9.17, 15) is 8.42 Å². The molecular weight excluding hydrogens is 310 g/mol. The van der Waals surface area contributed by atoms with E-state index in [0.29, 0.717) is 22.3 Å². The van der Waals surface area contributed by atoms with Gasteiger partial charge in [-0.25, -0.2) is 18.4 Å². The van der Waals surface area contributed by atoms with Crippen LogP contribution in [0.3, 0.4) is 0 Å². The molecule has 1 aliphatic heterocycles. The van der Waals surface area contributed by atoms with E-state index in [2.05, 4.69) is 15.3 Å². The van der Waals surface area contributed by atoms with Gasteiger partial charge in [-0.15, -0.1) is 0 Å². The predicted molar refractivity (Wildman–Crippen MR) is 81.2 cm³/mol. The van der Waals surface area contributed by atoms with E-state index in [1.165, 1.54) is 12.1 Å². The second-order valence-corrected chi connectivity index (χ2v) is 7.53. The highest BCUT2D eigenvalue weighted by Crippen LogP contribution is 2.28. The average Bonchev–Trinajstić information content (AvgIpc) is 2.37. The lowest BCUT2D eigenvalue weighted by Gasteiger charge is -2.26. The van der Waals surface area contributed by atoms with Crippen molar-refractivity contribution >= 4 is 21.4 Å². The van der Waals surface area contributed by atoms with Gasteiger partial charge in [0, 0.05) is 43.2 Å². The number of nitrogens with zero attached hydrogens (tertiary/aromatic N) is 2. The maximum atomic E-state index is 11.5. The summed E-state index contributed by atoms with van der Waals surface area (Å²) in [6, 6.07) is 4.58. The van der Waals surface area contributed by atoms with Crippen molar-refractivity contribution < 1.29 is 8.42 Å². The summed E-state index contributed by atoms with van der Waals surface area (Å²) in [6.07, 6.45) is 4.75. The van der Waals surface area contributed by atoms with Crippen LogP contribution in [0.4, 0.5) is 0 Å². The minimum Gasteiger partial charge on any atom is -0.315 e. The zero-order valence-electron chi connectivity index (χ0n) is 11.4. The highest BCUT2D eigenvalue weighted by molar-refractivity contribution is 7.90. The van der Waals surface area contributed by atoms with Crippen LogP contribution in [-0.4, -0.2) is 37.7 Å². The molecule has 2 heterocycles. The van der Waals surface area contributed by atoms with Gasteiger partial charge >= 0.3 is 0 Å². The molecule has 0 radical (unpaired) electrons. The lowest BCUT2D eigenvalue weighted by molar-refractivity contribution is 0.446. The molecule has 1 N–H and O–H groups in total. The zero-order valence-corrected chi connectivity index (χ0v) is 12.9. The molecular formula is C14H14ClN3O2S. The van der Waals surface area contributed by atoms with Gasteiger partial charge in [-0.1, -0.05) is 11.6 Å². The molecule has 7 heteroatoms. The van der Waals surface area contributed by atoms with E-state index in [1.54, 1.807) is 18.5 Å². The molecule has 1 aliphatic rings. The molecule has 5 nitrogen and oxygen atoms in total. The van der Waals surface area contributed by atoms with Gasteiger partial charge in [0.05, 0.1) is 9.92 Å². The maximum absolute atomic E-state index is 11.5. The van der Waals surface area contributed by atoms with Gasteiger partial charge in [-0.3, -0.25) is 0 Å².